The largest absolute Gasteiger partial charge is 0.497 e. The summed E-state index contributed by atoms with van der Waals surface area (Å²) in [5.41, 5.74) is 5.16. The predicted octanol–water partition coefficient (Wildman–Crippen LogP) is 3.73. The van der Waals surface area contributed by atoms with E-state index < -0.39 is 5.79 Å². The Morgan fingerprint density at radius 3 is 2.33 bits per heavy atom. The highest BCUT2D eigenvalue weighted by Crippen LogP contribution is 2.42. The third-order valence-corrected chi connectivity index (χ3v) is 4.28. The van der Waals surface area contributed by atoms with Gasteiger partial charge in [0.05, 0.1) is 7.11 Å². The molecule has 0 amide bonds. The Morgan fingerprint density at radius 2 is 1.71 bits per heavy atom. The summed E-state index contributed by atoms with van der Waals surface area (Å²) in [4.78, 5) is 0. The first-order valence-electron chi connectivity index (χ1n) is 7.08. The van der Waals surface area contributed by atoms with Crippen LogP contribution in [-0.4, -0.2) is 27.1 Å². The zero-order valence-electron chi connectivity index (χ0n) is 12.7. The molecular weight excluding hydrogens is 264 g/mol. The van der Waals surface area contributed by atoms with Gasteiger partial charge in [-0.15, -0.1) is 0 Å². The van der Waals surface area contributed by atoms with E-state index >= 15 is 0 Å². The fraction of sp³-hybridized carbons (Fsp3) is 0.333. The molecule has 0 saturated heterocycles. The monoisotopic (exact) mass is 284 g/mol. The van der Waals surface area contributed by atoms with E-state index in [0.717, 1.165) is 18.6 Å². The molecule has 0 aromatic heterocycles. The lowest BCUT2D eigenvalue weighted by molar-refractivity contribution is -0.169. The molecule has 0 spiro atoms. The SMILES string of the molecule is COc1ccc(C2=CCC3=C2C=CC(OC)(OC)C3)cc1. The number of methoxy groups -OCH3 is 3. The van der Waals surface area contributed by atoms with Crippen LogP contribution < -0.4 is 4.74 Å². The summed E-state index contributed by atoms with van der Waals surface area (Å²) < 4.78 is 16.3. The van der Waals surface area contributed by atoms with E-state index in [-0.39, 0.29) is 0 Å². The van der Waals surface area contributed by atoms with Gasteiger partial charge in [-0.2, -0.15) is 0 Å². The molecule has 0 unspecified atom stereocenters. The molecule has 3 rings (SSSR count). The second-order valence-corrected chi connectivity index (χ2v) is 5.30. The number of hydrogen-bond acceptors (Lipinski definition) is 3. The molecule has 0 saturated carbocycles. The van der Waals surface area contributed by atoms with Crippen LogP contribution in [0.15, 0.2) is 53.6 Å². The van der Waals surface area contributed by atoms with E-state index in [9.17, 15) is 0 Å². The van der Waals surface area contributed by atoms with E-state index in [4.69, 9.17) is 14.2 Å². The van der Waals surface area contributed by atoms with Crippen molar-refractivity contribution in [1.29, 1.82) is 0 Å². The standard InChI is InChI=1S/C18H20O3/c1-19-15-7-4-13(5-8-15)16-9-6-14-12-18(20-2,21-3)11-10-17(14)16/h4-5,7-11H,6,12H2,1-3H3. The lowest BCUT2D eigenvalue weighted by Gasteiger charge is -2.31. The zero-order valence-corrected chi connectivity index (χ0v) is 12.7. The molecule has 0 N–H and O–H groups in total. The minimum atomic E-state index is -0.609. The van der Waals surface area contributed by atoms with E-state index in [0.29, 0.717) is 0 Å². The fourth-order valence-corrected chi connectivity index (χ4v) is 2.98. The Bertz CT molecular complexity index is 616. The second-order valence-electron chi connectivity index (χ2n) is 5.30. The first-order valence-corrected chi connectivity index (χ1v) is 7.08. The normalized spacial score (nSPS) is 19.5. The molecule has 1 aromatic rings. The first-order chi connectivity index (χ1) is 10.2. The Hall–Kier alpha value is -1.84. The number of rotatable bonds is 4. The topological polar surface area (TPSA) is 27.7 Å². The van der Waals surface area contributed by atoms with Crippen LogP contribution in [-0.2, 0) is 9.47 Å². The zero-order chi connectivity index (χ0) is 14.9. The van der Waals surface area contributed by atoms with Crippen molar-refractivity contribution in [3.05, 3.63) is 59.2 Å². The van der Waals surface area contributed by atoms with Gasteiger partial charge in [-0.25, -0.2) is 0 Å². The molecule has 0 aliphatic heterocycles. The summed E-state index contributed by atoms with van der Waals surface area (Å²) in [5.74, 6) is 0.269. The van der Waals surface area contributed by atoms with E-state index in [1.54, 1.807) is 21.3 Å². The van der Waals surface area contributed by atoms with E-state index in [1.807, 2.05) is 18.2 Å². The summed E-state index contributed by atoms with van der Waals surface area (Å²) in [6, 6.07) is 8.19. The number of benzene rings is 1. The summed E-state index contributed by atoms with van der Waals surface area (Å²) in [5, 5.41) is 0. The first kappa shape index (κ1) is 14.1. The quantitative estimate of drug-likeness (QED) is 0.789. The molecule has 2 aliphatic carbocycles. The number of allylic oxidation sites excluding steroid dienone is 4. The molecule has 0 fully saturated rings. The van der Waals surface area contributed by atoms with Gasteiger partial charge in [0.15, 0.2) is 5.79 Å². The van der Waals surface area contributed by atoms with Crippen LogP contribution in [0.5, 0.6) is 5.75 Å². The van der Waals surface area contributed by atoms with Gasteiger partial charge >= 0.3 is 0 Å². The van der Waals surface area contributed by atoms with Gasteiger partial charge in [0, 0.05) is 20.6 Å². The van der Waals surface area contributed by atoms with Gasteiger partial charge < -0.3 is 14.2 Å². The van der Waals surface area contributed by atoms with Crippen LogP contribution in [0.2, 0.25) is 0 Å². The molecule has 0 atom stereocenters. The molecular formula is C18H20O3. The molecule has 21 heavy (non-hydrogen) atoms. The fourth-order valence-electron chi connectivity index (χ4n) is 2.98. The lowest BCUT2D eigenvalue weighted by atomic mass is 9.90. The minimum absolute atomic E-state index is 0.609. The highest BCUT2D eigenvalue weighted by atomic mass is 16.7. The molecule has 110 valence electrons. The van der Waals surface area contributed by atoms with Crippen molar-refractivity contribution in [1.82, 2.24) is 0 Å². The summed E-state index contributed by atoms with van der Waals surface area (Å²) in [7, 11) is 5.06. The van der Waals surface area contributed by atoms with Crippen molar-refractivity contribution in [2.24, 2.45) is 0 Å². The maximum atomic E-state index is 5.52. The molecule has 0 heterocycles. The highest BCUT2D eigenvalue weighted by Gasteiger charge is 2.34. The van der Waals surface area contributed by atoms with Crippen LogP contribution in [0.4, 0.5) is 0 Å². The van der Waals surface area contributed by atoms with Crippen molar-refractivity contribution in [2.75, 3.05) is 21.3 Å². The third kappa shape index (κ3) is 2.43. The summed E-state index contributed by atoms with van der Waals surface area (Å²) >= 11 is 0. The molecule has 1 aromatic carbocycles. The summed E-state index contributed by atoms with van der Waals surface area (Å²) in [6.07, 6.45) is 8.14. The van der Waals surface area contributed by atoms with E-state index in [1.165, 1.54) is 22.3 Å². The van der Waals surface area contributed by atoms with Crippen LogP contribution in [0.1, 0.15) is 18.4 Å². The second kappa shape index (κ2) is 5.51. The average Bonchev–Trinajstić information content (AvgIpc) is 2.97. The predicted molar refractivity (Wildman–Crippen MR) is 83.1 cm³/mol. The third-order valence-electron chi connectivity index (χ3n) is 4.28. The Labute approximate surface area is 125 Å². The number of hydrogen-bond donors (Lipinski definition) is 0. The maximum absolute atomic E-state index is 5.52. The number of ether oxygens (including phenoxy) is 3. The Morgan fingerprint density at radius 1 is 1.00 bits per heavy atom. The maximum Gasteiger partial charge on any atom is 0.191 e. The highest BCUT2D eigenvalue weighted by molar-refractivity contribution is 5.86. The van der Waals surface area contributed by atoms with Gasteiger partial charge in [-0.1, -0.05) is 29.9 Å². The van der Waals surface area contributed by atoms with Gasteiger partial charge in [0.25, 0.3) is 0 Å². The average molecular weight is 284 g/mol. The van der Waals surface area contributed by atoms with Gasteiger partial charge in [-0.05, 0) is 41.3 Å². The van der Waals surface area contributed by atoms with Gasteiger partial charge in [0.1, 0.15) is 5.75 Å². The van der Waals surface area contributed by atoms with Crippen LogP contribution in [0.3, 0.4) is 0 Å². The molecule has 2 aliphatic rings. The van der Waals surface area contributed by atoms with Crippen molar-refractivity contribution >= 4 is 5.57 Å². The van der Waals surface area contributed by atoms with Crippen molar-refractivity contribution in [2.45, 2.75) is 18.6 Å². The molecule has 3 nitrogen and oxygen atoms in total. The van der Waals surface area contributed by atoms with Crippen molar-refractivity contribution in [3.8, 4) is 5.75 Å². The summed E-state index contributed by atoms with van der Waals surface area (Å²) in [6.45, 7) is 0. The molecule has 0 radical (unpaired) electrons. The minimum Gasteiger partial charge on any atom is -0.497 e. The van der Waals surface area contributed by atoms with Gasteiger partial charge in [0.2, 0.25) is 0 Å². The van der Waals surface area contributed by atoms with Gasteiger partial charge in [-0.3, -0.25) is 0 Å². The molecule has 0 bridgehead atoms. The van der Waals surface area contributed by atoms with Crippen LogP contribution >= 0.6 is 0 Å². The van der Waals surface area contributed by atoms with Crippen LogP contribution in [0.25, 0.3) is 5.57 Å². The molecule has 3 heteroatoms. The Balaban J connectivity index is 1.88. The van der Waals surface area contributed by atoms with Crippen molar-refractivity contribution in [3.63, 3.8) is 0 Å². The lowest BCUT2D eigenvalue weighted by Crippen LogP contribution is -2.33. The Kier molecular flexibility index (Phi) is 3.70. The van der Waals surface area contributed by atoms with E-state index in [2.05, 4.69) is 24.3 Å². The smallest absolute Gasteiger partial charge is 0.191 e. The van der Waals surface area contributed by atoms with Crippen LogP contribution in [0, 0.1) is 0 Å². The van der Waals surface area contributed by atoms with Crippen molar-refractivity contribution < 1.29 is 14.2 Å².